The van der Waals surface area contributed by atoms with Gasteiger partial charge in [-0.15, -0.1) is 0 Å². The molecule has 12 aromatic rings. The van der Waals surface area contributed by atoms with E-state index in [0.29, 0.717) is 17.5 Å². The van der Waals surface area contributed by atoms with Gasteiger partial charge in [-0.3, -0.25) is 0 Å². The van der Waals surface area contributed by atoms with Crippen LogP contribution in [0.3, 0.4) is 0 Å². The molecular weight excluding hydrogens is 749 g/mol. The summed E-state index contributed by atoms with van der Waals surface area (Å²) in [7, 11) is 0. The van der Waals surface area contributed by atoms with Gasteiger partial charge in [0.15, 0.2) is 17.5 Å². The molecule has 0 aliphatic carbocycles. The van der Waals surface area contributed by atoms with Crippen LogP contribution in [0.1, 0.15) is 0 Å². The topological polar surface area (TPSA) is 68.2 Å². The molecule has 6 nitrogen and oxygen atoms in total. The molecule has 61 heavy (non-hydrogen) atoms. The molecule has 0 fully saturated rings. The molecule has 0 aliphatic rings. The van der Waals surface area contributed by atoms with Crippen molar-refractivity contribution < 1.29 is 8.83 Å². The van der Waals surface area contributed by atoms with E-state index in [0.717, 1.165) is 99.5 Å². The summed E-state index contributed by atoms with van der Waals surface area (Å²) in [6.07, 6.45) is 0. The molecule has 6 heteroatoms. The maximum atomic E-state index is 6.76. The van der Waals surface area contributed by atoms with Crippen molar-refractivity contribution in [3.63, 3.8) is 0 Å². The van der Waals surface area contributed by atoms with Crippen molar-refractivity contribution in [2.24, 2.45) is 0 Å². The van der Waals surface area contributed by atoms with E-state index in [1.165, 1.54) is 0 Å². The Labute approximate surface area is 350 Å². The Morgan fingerprint density at radius 3 is 1.59 bits per heavy atom. The fourth-order valence-electron chi connectivity index (χ4n) is 8.70. The van der Waals surface area contributed by atoms with Gasteiger partial charge in [-0.05, 0) is 59.0 Å². The normalized spacial score (nSPS) is 11.6. The summed E-state index contributed by atoms with van der Waals surface area (Å²) < 4.78 is 13.1. The zero-order valence-corrected chi connectivity index (χ0v) is 32.7. The molecule has 0 saturated carbocycles. The number of nitrogens with zero attached hydrogens (tertiary/aromatic N) is 4. The van der Waals surface area contributed by atoms with Crippen molar-refractivity contribution in [3.05, 3.63) is 206 Å². The molecule has 0 saturated heterocycles. The second kappa shape index (κ2) is 14.2. The maximum Gasteiger partial charge on any atom is 0.164 e. The highest BCUT2D eigenvalue weighted by Crippen LogP contribution is 2.46. The zero-order valence-electron chi connectivity index (χ0n) is 32.7. The van der Waals surface area contributed by atoms with E-state index in [2.05, 4.69) is 126 Å². The van der Waals surface area contributed by atoms with Crippen molar-refractivity contribution >= 4 is 71.7 Å². The highest BCUT2D eigenvalue weighted by molar-refractivity contribution is 6.15. The van der Waals surface area contributed by atoms with Crippen LogP contribution < -0.4 is 4.90 Å². The zero-order chi connectivity index (χ0) is 40.3. The quantitative estimate of drug-likeness (QED) is 0.160. The lowest BCUT2D eigenvalue weighted by Crippen LogP contribution is -2.11. The third kappa shape index (κ3) is 5.92. The lowest BCUT2D eigenvalue weighted by atomic mass is 10.0. The van der Waals surface area contributed by atoms with E-state index >= 15 is 0 Å². The van der Waals surface area contributed by atoms with E-state index in [1.54, 1.807) is 0 Å². The molecular formula is C55H34N4O2. The number of fused-ring (bicyclic) bond motifs is 7. The standard InChI is InChI=1S/C55H34N4O2/c1-3-15-35(16-4-1)36-29-31-39(32-30-36)59(46-25-13-20-37-17-7-8-21-41(37)46)40-33-45(52-43-23-10-12-27-48(43)61-50(52)34-40)55-57-53(38-18-5-2-6-19-38)56-54(58-55)44-24-14-28-49-51(44)42-22-9-11-26-47(42)60-49/h1-34H. The second-order valence-corrected chi connectivity index (χ2v) is 15.2. The Morgan fingerprint density at radius 2 is 0.852 bits per heavy atom. The van der Waals surface area contributed by atoms with Crippen LogP contribution in [-0.2, 0) is 0 Å². The van der Waals surface area contributed by atoms with Gasteiger partial charge >= 0.3 is 0 Å². The Hall–Kier alpha value is -8.35. The Kier molecular flexibility index (Phi) is 8.06. The molecule has 0 atom stereocenters. The molecule has 0 radical (unpaired) electrons. The summed E-state index contributed by atoms with van der Waals surface area (Å²) in [5.41, 5.74) is 10.9. The molecule has 286 valence electrons. The highest BCUT2D eigenvalue weighted by atomic mass is 16.3. The fourth-order valence-corrected chi connectivity index (χ4v) is 8.70. The van der Waals surface area contributed by atoms with Crippen LogP contribution in [0.2, 0.25) is 0 Å². The molecule has 0 unspecified atom stereocenters. The van der Waals surface area contributed by atoms with E-state index in [9.17, 15) is 0 Å². The van der Waals surface area contributed by atoms with Crippen molar-refractivity contribution in [3.8, 4) is 45.3 Å². The summed E-state index contributed by atoms with van der Waals surface area (Å²) >= 11 is 0. The van der Waals surface area contributed by atoms with Crippen LogP contribution in [0.4, 0.5) is 17.1 Å². The Balaban J connectivity index is 1.14. The summed E-state index contributed by atoms with van der Waals surface area (Å²) in [6.45, 7) is 0. The average Bonchev–Trinajstić information content (AvgIpc) is 3.91. The maximum absolute atomic E-state index is 6.76. The minimum atomic E-state index is 0.532. The van der Waals surface area contributed by atoms with Gasteiger partial charge in [-0.2, -0.15) is 0 Å². The number of anilines is 3. The van der Waals surface area contributed by atoms with Crippen LogP contribution in [0.25, 0.3) is 99.9 Å². The largest absolute Gasteiger partial charge is 0.456 e. The monoisotopic (exact) mass is 782 g/mol. The molecule has 3 aromatic heterocycles. The molecule has 0 bridgehead atoms. The smallest absolute Gasteiger partial charge is 0.164 e. The SMILES string of the molecule is c1ccc(-c2ccc(N(c3cc(-c4nc(-c5ccccc5)nc(-c5cccc6oc7ccccc7c56)n4)c4c(c3)oc3ccccc34)c3cccc4ccccc34)cc2)cc1. The molecule has 0 spiro atoms. The first-order valence-corrected chi connectivity index (χ1v) is 20.3. The van der Waals surface area contributed by atoms with Crippen LogP contribution in [0.5, 0.6) is 0 Å². The molecule has 9 aromatic carbocycles. The third-order valence-electron chi connectivity index (χ3n) is 11.5. The van der Waals surface area contributed by atoms with Gasteiger partial charge in [0.25, 0.3) is 0 Å². The van der Waals surface area contributed by atoms with Crippen molar-refractivity contribution in [1.82, 2.24) is 15.0 Å². The summed E-state index contributed by atoms with van der Waals surface area (Å²) in [6, 6.07) is 71.0. The van der Waals surface area contributed by atoms with E-state index in [-0.39, 0.29) is 0 Å². The third-order valence-corrected chi connectivity index (χ3v) is 11.5. The average molecular weight is 783 g/mol. The van der Waals surface area contributed by atoms with Gasteiger partial charge in [0, 0.05) is 55.4 Å². The fraction of sp³-hybridized carbons (Fsp3) is 0. The number of hydrogen-bond acceptors (Lipinski definition) is 6. The van der Waals surface area contributed by atoms with Crippen LogP contribution in [-0.4, -0.2) is 15.0 Å². The molecule has 3 heterocycles. The summed E-state index contributed by atoms with van der Waals surface area (Å²) in [5, 5.41) is 6.14. The first kappa shape index (κ1) is 34.7. The predicted octanol–water partition coefficient (Wildman–Crippen LogP) is 15.0. The van der Waals surface area contributed by atoms with Crippen LogP contribution in [0, 0.1) is 0 Å². The van der Waals surface area contributed by atoms with Gasteiger partial charge in [-0.1, -0.05) is 158 Å². The van der Waals surface area contributed by atoms with Gasteiger partial charge < -0.3 is 13.7 Å². The lowest BCUT2D eigenvalue weighted by Gasteiger charge is -2.27. The van der Waals surface area contributed by atoms with Gasteiger partial charge in [-0.25, -0.2) is 15.0 Å². The minimum Gasteiger partial charge on any atom is -0.456 e. The lowest BCUT2D eigenvalue weighted by molar-refractivity contribution is 0.668. The highest BCUT2D eigenvalue weighted by Gasteiger charge is 2.24. The number of hydrogen-bond donors (Lipinski definition) is 0. The number of aromatic nitrogens is 3. The first-order chi connectivity index (χ1) is 30.2. The van der Waals surface area contributed by atoms with Gasteiger partial charge in [0.05, 0.1) is 11.4 Å². The van der Waals surface area contributed by atoms with E-state index in [4.69, 9.17) is 23.8 Å². The van der Waals surface area contributed by atoms with Crippen LogP contribution >= 0.6 is 0 Å². The summed E-state index contributed by atoms with van der Waals surface area (Å²) in [4.78, 5) is 18.2. The van der Waals surface area contributed by atoms with Gasteiger partial charge in [0.2, 0.25) is 0 Å². The molecule has 0 amide bonds. The van der Waals surface area contributed by atoms with Crippen molar-refractivity contribution in [1.29, 1.82) is 0 Å². The second-order valence-electron chi connectivity index (χ2n) is 15.2. The number of para-hydroxylation sites is 2. The van der Waals surface area contributed by atoms with E-state index in [1.807, 2.05) is 84.9 Å². The molecule has 0 aliphatic heterocycles. The number of rotatable bonds is 7. The van der Waals surface area contributed by atoms with Crippen LogP contribution in [0.15, 0.2) is 215 Å². The molecule has 12 rings (SSSR count). The number of furan rings is 2. The minimum absolute atomic E-state index is 0.532. The van der Waals surface area contributed by atoms with E-state index < -0.39 is 0 Å². The Bertz CT molecular complexity index is 3590. The number of benzene rings is 9. The van der Waals surface area contributed by atoms with Crippen molar-refractivity contribution in [2.75, 3.05) is 4.90 Å². The Morgan fingerprint density at radius 1 is 0.328 bits per heavy atom. The first-order valence-electron chi connectivity index (χ1n) is 20.3. The van der Waals surface area contributed by atoms with Gasteiger partial charge in [0.1, 0.15) is 22.3 Å². The molecule has 0 N–H and O–H groups in total. The van der Waals surface area contributed by atoms with Crippen molar-refractivity contribution in [2.45, 2.75) is 0 Å². The predicted molar refractivity (Wildman–Crippen MR) is 248 cm³/mol. The summed E-state index contributed by atoms with van der Waals surface area (Å²) in [5.74, 6) is 1.65.